The molecule has 0 radical (unpaired) electrons. The lowest BCUT2D eigenvalue weighted by atomic mass is 9.82. The zero-order chi connectivity index (χ0) is 38.5. The SMILES string of the molecule is COC(=O)c1sccc1N.COC(=O)c1sccc1N(C(=O)C1CCC(C)CC1)C1CCN(C)CC1.COC(=O)c1sccc1NC1CCN(C)CC1. The minimum Gasteiger partial charge on any atom is -0.465 e. The summed E-state index contributed by atoms with van der Waals surface area (Å²) >= 11 is 4.07. The van der Waals surface area contributed by atoms with Gasteiger partial charge in [0, 0.05) is 18.0 Å². The van der Waals surface area contributed by atoms with Crippen LogP contribution in [0.3, 0.4) is 0 Å². The molecule has 2 saturated heterocycles. The number of amides is 1. The first kappa shape index (κ1) is 42.2. The molecule has 0 aromatic carbocycles. The van der Waals surface area contributed by atoms with E-state index in [-0.39, 0.29) is 35.8 Å². The van der Waals surface area contributed by atoms with Gasteiger partial charge in [0.25, 0.3) is 0 Å². The van der Waals surface area contributed by atoms with Crippen molar-refractivity contribution in [1.29, 1.82) is 0 Å². The van der Waals surface area contributed by atoms with Gasteiger partial charge in [-0.15, -0.1) is 34.0 Å². The first-order valence-corrected chi connectivity index (χ1v) is 20.8. The number of likely N-dealkylation sites (tertiary alicyclic amines) is 2. The Morgan fingerprint density at radius 3 is 1.75 bits per heavy atom. The first-order chi connectivity index (χ1) is 25.5. The highest BCUT2D eigenvalue weighted by Gasteiger charge is 2.36. The number of nitrogens with one attached hydrogen (secondary N) is 1. The van der Waals surface area contributed by atoms with Gasteiger partial charge in [0.1, 0.15) is 14.6 Å². The molecule has 15 heteroatoms. The number of ether oxygens (including phenoxy) is 3. The Labute approximate surface area is 325 Å². The molecule has 12 nitrogen and oxygen atoms in total. The second kappa shape index (κ2) is 20.8. The summed E-state index contributed by atoms with van der Waals surface area (Å²) in [6.07, 6.45) is 8.28. The van der Waals surface area contributed by atoms with Crippen LogP contribution in [0, 0.1) is 11.8 Å². The molecule has 0 atom stereocenters. The van der Waals surface area contributed by atoms with E-state index in [4.69, 9.17) is 15.2 Å². The highest BCUT2D eigenvalue weighted by atomic mass is 32.1. The Hall–Kier alpha value is -3.50. The van der Waals surface area contributed by atoms with Crippen molar-refractivity contribution < 1.29 is 33.4 Å². The fourth-order valence-electron chi connectivity index (χ4n) is 6.81. The summed E-state index contributed by atoms with van der Waals surface area (Å²) in [5, 5.41) is 9.01. The van der Waals surface area contributed by atoms with Gasteiger partial charge in [-0.3, -0.25) is 4.79 Å². The lowest BCUT2D eigenvalue weighted by Gasteiger charge is -2.39. The highest BCUT2D eigenvalue weighted by Crippen LogP contribution is 2.36. The van der Waals surface area contributed by atoms with Crippen molar-refractivity contribution in [3.63, 3.8) is 0 Å². The average Bonchev–Trinajstić information content (AvgIpc) is 3.95. The van der Waals surface area contributed by atoms with Crippen molar-refractivity contribution >= 4 is 74.9 Å². The summed E-state index contributed by atoms with van der Waals surface area (Å²) in [4.78, 5) is 56.3. The molecule has 1 aliphatic carbocycles. The summed E-state index contributed by atoms with van der Waals surface area (Å²) in [6.45, 7) is 6.44. The van der Waals surface area contributed by atoms with E-state index in [1.54, 1.807) is 11.4 Å². The fraction of sp³-hybridized carbons (Fsp3) is 0.579. The molecule has 3 aromatic rings. The number of nitrogens with zero attached hydrogens (tertiary/aromatic N) is 3. The zero-order valence-electron chi connectivity index (χ0n) is 31.8. The fourth-order valence-corrected chi connectivity index (χ4v) is 9.12. The zero-order valence-corrected chi connectivity index (χ0v) is 34.2. The van der Waals surface area contributed by atoms with Crippen LogP contribution in [0.4, 0.5) is 17.1 Å². The van der Waals surface area contributed by atoms with E-state index in [1.807, 2.05) is 27.8 Å². The summed E-state index contributed by atoms with van der Waals surface area (Å²) in [5.41, 5.74) is 7.57. The third kappa shape index (κ3) is 11.7. The second-order valence-corrected chi connectivity index (χ2v) is 16.6. The summed E-state index contributed by atoms with van der Waals surface area (Å²) < 4.78 is 14.2. The number of methoxy groups -OCH3 is 3. The van der Waals surface area contributed by atoms with Crippen LogP contribution in [-0.4, -0.2) is 107 Å². The number of esters is 3. The predicted octanol–water partition coefficient (Wildman–Crippen LogP) is 6.95. The van der Waals surface area contributed by atoms with Gasteiger partial charge in [-0.1, -0.05) is 6.92 Å². The summed E-state index contributed by atoms with van der Waals surface area (Å²) in [5.74, 6) is 0.0230. The molecule has 6 rings (SSSR count). The van der Waals surface area contributed by atoms with Crippen LogP contribution in [0.2, 0.25) is 0 Å². The molecule has 3 N–H and O–H groups in total. The number of hydrogen-bond donors (Lipinski definition) is 2. The van der Waals surface area contributed by atoms with Crippen molar-refractivity contribution in [3.05, 3.63) is 49.0 Å². The number of carbonyl (C=O) groups is 4. The molecule has 1 amide bonds. The average molecular weight is 790 g/mol. The van der Waals surface area contributed by atoms with E-state index < -0.39 is 0 Å². The van der Waals surface area contributed by atoms with Gasteiger partial charge in [0.15, 0.2) is 0 Å². The van der Waals surface area contributed by atoms with Crippen LogP contribution in [0.5, 0.6) is 0 Å². The Morgan fingerprint density at radius 1 is 0.698 bits per heavy atom. The van der Waals surface area contributed by atoms with Gasteiger partial charge < -0.3 is 40.0 Å². The molecular weight excluding hydrogens is 735 g/mol. The Morgan fingerprint density at radius 2 is 1.19 bits per heavy atom. The van der Waals surface area contributed by atoms with Crippen molar-refractivity contribution in [3.8, 4) is 0 Å². The van der Waals surface area contributed by atoms with Crippen LogP contribution >= 0.6 is 34.0 Å². The van der Waals surface area contributed by atoms with Crippen molar-refractivity contribution in [1.82, 2.24) is 9.80 Å². The van der Waals surface area contributed by atoms with Gasteiger partial charge in [-0.2, -0.15) is 0 Å². The van der Waals surface area contributed by atoms with Crippen LogP contribution in [0.25, 0.3) is 0 Å². The van der Waals surface area contributed by atoms with E-state index in [0.29, 0.717) is 32.3 Å². The molecule has 1 saturated carbocycles. The lowest BCUT2D eigenvalue weighted by molar-refractivity contribution is -0.124. The van der Waals surface area contributed by atoms with Crippen LogP contribution in [0.1, 0.15) is 87.3 Å². The Bertz CT molecular complexity index is 1620. The molecule has 2 aliphatic heterocycles. The molecule has 0 bridgehead atoms. The molecule has 5 heterocycles. The standard InChI is InChI=1S/C20H30N2O3S.C12H18N2O2S.C6H7NO2S/c1-14-4-6-15(7-5-14)19(23)22(16-8-11-21(2)12-9-16)17-10-13-26-18(17)20(24)25-3;1-14-6-3-9(4-7-14)13-10-5-8-17-11(10)12(15)16-2;1-9-6(8)5-4(7)2-3-10-5/h10,13-16H,4-9,11-12H2,1-3H3;5,8-9,13H,3-4,6-7H2,1-2H3;2-3H,7H2,1H3. The minimum atomic E-state index is -0.368. The monoisotopic (exact) mass is 789 g/mol. The summed E-state index contributed by atoms with van der Waals surface area (Å²) in [6, 6.07) is 6.17. The molecule has 292 valence electrons. The van der Waals surface area contributed by atoms with Gasteiger partial charge in [-0.25, -0.2) is 14.4 Å². The maximum Gasteiger partial charge on any atom is 0.350 e. The number of nitrogen functional groups attached to an aromatic ring is 1. The molecule has 0 spiro atoms. The van der Waals surface area contributed by atoms with Gasteiger partial charge in [0.2, 0.25) is 5.91 Å². The Kier molecular flexibility index (Phi) is 16.6. The van der Waals surface area contributed by atoms with Crippen molar-refractivity contribution in [2.45, 2.75) is 70.4 Å². The number of nitrogens with two attached hydrogens (primary N) is 1. The third-order valence-electron chi connectivity index (χ3n) is 10.1. The van der Waals surface area contributed by atoms with Crippen molar-refractivity contribution in [2.75, 3.05) is 77.6 Å². The summed E-state index contributed by atoms with van der Waals surface area (Å²) in [7, 11) is 8.41. The number of carbonyl (C=O) groups excluding carboxylic acids is 4. The van der Waals surface area contributed by atoms with E-state index in [0.717, 1.165) is 88.9 Å². The number of hydrogen-bond acceptors (Lipinski definition) is 14. The minimum absolute atomic E-state index is 0.0799. The van der Waals surface area contributed by atoms with Gasteiger partial charge in [0.05, 0.1) is 38.4 Å². The van der Waals surface area contributed by atoms with E-state index in [2.05, 4.69) is 40.9 Å². The molecule has 0 unspecified atom stereocenters. The number of piperidine rings is 2. The lowest BCUT2D eigenvalue weighted by Crippen LogP contribution is -2.49. The molecule has 3 aliphatic rings. The van der Waals surface area contributed by atoms with Crippen LogP contribution < -0.4 is 16.0 Å². The van der Waals surface area contributed by atoms with E-state index in [9.17, 15) is 19.2 Å². The first-order valence-electron chi connectivity index (χ1n) is 18.2. The van der Waals surface area contributed by atoms with Gasteiger partial charge >= 0.3 is 17.9 Å². The third-order valence-corrected chi connectivity index (χ3v) is 12.8. The highest BCUT2D eigenvalue weighted by molar-refractivity contribution is 7.13. The number of thiophene rings is 3. The molecule has 53 heavy (non-hydrogen) atoms. The number of anilines is 3. The predicted molar refractivity (Wildman–Crippen MR) is 215 cm³/mol. The quantitative estimate of drug-likeness (QED) is 0.181. The topological polar surface area (TPSA) is 144 Å². The normalized spacial score (nSPS) is 19.8. The molecule has 3 aromatic heterocycles. The Balaban J connectivity index is 0.000000198. The molecule has 3 fully saturated rings. The second-order valence-electron chi connectivity index (χ2n) is 13.9. The molecular formula is C38H55N5O7S3. The maximum absolute atomic E-state index is 13.5. The van der Waals surface area contributed by atoms with E-state index >= 15 is 0 Å². The van der Waals surface area contributed by atoms with Crippen LogP contribution in [-0.2, 0) is 19.0 Å². The number of rotatable bonds is 8. The van der Waals surface area contributed by atoms with E-state index in [1.165, 1.54) is 55.3 Å². The van der Waals surface area contributed by atoms with Gasteiger partial charge in [-0.05, 0) is 132 Å². The van der Waals surface area contributed by atoms with Crippen LogP contribution in [0.15, 0.2) is 34.3 Å². The van der Waals surface area contributed by atoms with Crippen molar-refractivity contribution in [2.24, 2.45) is 11.8 Å². The maximum atomic E-state index is 13.5. The smallest absolute Gasteiger partial charge is 0.350 e. The largest absolute Gasteiger partial charge is 0.465 e.